The van der Waals surface area contributed by atoms with Crippen LogP contribution in [0, 0.1) is 4.91 Å². The van der Waals surface area contributed by atoms with E-state index in [9.17, 15) is 14.5 Å². The van der Waals surface area contributed by atoms with Crippen molar-refractivity contribution in [2.45, 2.75) is 62.6 Å². The highest BCUT2D eigenvalue weighted by atomic mass is 16.5. The van der Waals surface area contributed by atoms with Gasteiger partial charge in [-0.25, -0.2) is 0 Å². The first-order valence-electron chi connectivity index (χ1n) is 14.7. The Balaban J connectivity index is 1.62. The van der Waals surface area contributed by atoms with Gasteiger partial charge in [-0.1, -0.05) is 72.6 Å². The van der Waals surface area contributed by atoms with Crippen LogP contribution < -0.4 is 9.47 Å². The number of hydrogen-bond donors (Lipinski definition) is 1. The van der Waals surface area contributed by atoms with Gasteiger partial charge < -0.3 is 24.2 Å². The molecule has 43 heavy (non-hydrogen) atoms. The molecule has 1 saturated heterocycles. The second-order valence-electron chi connectivity index (χ2n) is 10.8. The van der Waals surface area contributed by atoms with Gasteiger partial charge >= 0.3 is 5.97 Å². The van der Waals surface area contributed by atoms with E-state index in [-0.39, 0.29) is 31.5 Å². The molecule has 1 aliphatic rings. The van der Waals surface area contributed by atoms with E-state index in [0.717, 1.165) is 41.0 Å². The molecule has 9 heteroatoms. The van der Waals surface area contributed by atoms with Gasteiger partial charge in [-0.3, -0.25) is 9.59 Å². The number of ether oxygens (including phenoxy) is 3. The van der Waals surface area contributed by atoms with Crippen LogP contribution in [0.3, 0.4) is 0 Å². The van der Waals surface area contributed by atoms with Crippen molar-refractivity contribution in [3.05, 3.63) is 100 Å². The van der Waals surface area contributed by atoms with Crippen molar-refractivity contribution in [2.75, 3.05) is 27.4 Å². The van der Waals surface area contributed by atoms with Gasteiger partial charge in [-0.2, -0.15) is 4.91 Å². The summed E-state index contributed by atoms with van der Waals surface area (Å²) in [6.45, 7) is 0.447. The molecule has 3 aromatic rings. The molecule has 1 N–H and O–H groups in total. The van der Waals surface area contributed by atoms with Gasteiger partial charge in [-0.05, 0) is 60.2 Å². The number of carbonyl (C=O) groups is 2. The molecule has 3 aromatic carbocycles. The molecule has 4 rings (SSSR count). The molecule has 0 bridgehead atoms. The summed E-state index contributed by atoms with van der Waals surface area (Å²) in [6.07, 6.45) is 3.67. The van der Waals surface area contributed by atoms with Gasteiger partial charge in [0.05, 0.1) is 26.9 Å². The van der Waals surface area contributed by atoms with Crippen molar-refractivity contribution >= 4 is 11.9 Å². The number of hydrogen-bond acceptors (Lipinski definition) is 7. The number of nitrogens with zero attached hydrogens (tertiary/aromatic N) is 2. The third kappa shape index (κ3) is 7.78. The lowest BCUT2D eigenvalue weighted by atomic mass is 9.80. The highest BCUT2D eigenvalue weighted by Crippen LogP contribution is 2.42. The monoisotopic (exact) mass is 588 g/mol. The summed E-state index contributed by atoms with van der Waals surface area (Å²) in [5, 5.41) is 12.1. The van der Waals surface area contributed by atoms with Gasteiger partial charge in [0.15, 0.2) is 0 Å². The predicted molar refractivity (Wildman–Crippen MR) is 163 cm³/mol. The molecule has 1 aliphatic heterocycles. The van der Waals surface area contributed by atoms with Crippen LogP contribution in [0.25, 0.3) is 0 Å². The Bertz CT molecular complexity index is 1280. The molecule has 0 spiro atoms. The van der Waals surface area contributed by atoms with E-state index in [1.807, 2.05) is 78.9 Å². The molecule has 9 nitrogen and oxygen atoms in total. The Morgan fingerprint density at radius 3 is 1.86 bits per heavy atom. The molecule has 0 radical (unpaired) electrons. The van der Waals surface area contributed by atoms with Crippen molar-refractivity contribution in [3.63, 3.8) is 0 Å². The van der Waals surface area contributed by atoms with Gasteiger partial charge in [0.1, 0.15) is 23.1 Å². The third-order valence-electron chi connectivity index (χ3n) is 8.06. The highest BCUT2D eigenvalue weighted by molar-refractivity contribution is 5.77. The molecule has 2 unspecified atom stereocenters. The minimum Gasteiger partial charge on any atom is -0.497 e. The lowest BCUT2D eigenvalue weighted by molar-refractivity contribution is -0.137. The van der Waals surface area contributed by atoms with E-state index in [2.05, 4.69) is 5.18 Å². The number of carboxylic acids is 1. The molecule has 0 aliphatic carbocycles. The van der Waals surface area contributed by atoms with Crippen molar-refractivity contribution in [2.24, 2.45) is 5.18 Å². The maximum atomic E-state index is 13.3. The van der Waals surface area contributed by atoms with Crippen molar-refractivity contribution in [1.82, 2.24) is 4.90 Å². The van der Waals surface area contributed by atoms with E-state index < -0.39 is 17.6 Å². The van der Waals surface area contributed by atoms with Crippen molar-refractivity contribution < 1.29 is 28.9 Å². The molecular formula is C34H40N2O7. The lowest BCUT2D eigenvalue weighted by Crippen LogP contribution is -2.42. The van der Waals surface area contributed by atoms with Crippen LogP contribution in [0.1, 0.15) is 61.6 Å². The molecule has 2 atom stereocenters. The first kappa shape index (κ1) is 31.7. The Kier molecular flexibility index (Phi) is 11.3. The average Bonchev–Trinajstić information content (AvgIpc) is 3.47. The Labute approximate surface area is 252 Å². The Morgan fingerprint density at radius 1 is 0.814 bits per heavy atom. The Hall–Kier alpha value is -4.24. The third-order valence-corrected chi connectivity index (χ3v) is 8.06. The molecule has 0 saturated carbocycles. The topological polar surface area (TPSA) is 115 Å². The minimum atomic E-state index is -1.04. The molecular weight excluding hydrogens is 548 g/mol. The summed E-state index contributed by atoms with van der Waals surface area (Å²) in [6, 6.07) is 24.6. The fourth-order valence-electron chi connectivity index (χ4n) is 5.78. The van der Waals surface area contributed by atoms with E-state index in [4.69, 9.17) is 19.3 Å². The maximum Gasteiger partial charge on any atom is 0.303 e. The smallest absolute Gasteiger partial charge is 0.303 e. The zero-order valence-corrected chi connectivity index (χ0v) is 24.8. The number of amides is 1. The normalized spacial score (nSPS) is 16.6. The van der Waals surface area contributed by atoms with E-state index in [0.29, 0.717) is 25.7 Å². The van der Waals surface area contributed by atoms with Crippen molar-refractivity contribution in [1.29, 1.82) is 0 Å². The fraction of sp³-hybridized carbons (Fsp3) is 0.412. The van der Waals surface area contributed by atoms with Crippen LogP contribution in [0.5, 0.6) is 11.5 Å². The number of nitroso groups, excluding NO2 is 1. The highest BCUT2D eigenvalue weighted by Gasteiger charge is 2.42. The first-order valence-corrected chi connectivity index (χ1v) is 14.7. The summed E-state index contributed by atoms with van der Waals surface area (Å²) in [7, 11) is 3.25. The summed E-state index contributed by atoms with van der Waals surface area (Å²) in [5.41, 5.74) is 1.64. The summed E-state index contributed by atoms with van der Waals surface area (Å²) >= 11 is 0. The first-order chi connectivity index (χ1) is 20.9. The minimum absolute atomic E-state index is 0.0443. The number of benzene rings is 3. The lowest BCUT2D eigenvalue weighted by Gasteiger charge is -2.38. The SMILES string of the molecule is COc1ccc(C(OCC2CC(N=O)CN2C(=O)CCCCCCC(=O)O)(c2ccccc2)c2ccc(OC)cc2)cc1. The second kappa shape index (κ2) is 15.3. The van der Waals surface area contributed by atoms with E-state index in [1.165, 1.54) is 0 Å². The largest absolute Gasteiger partial charge is 0.497 e. The number of rotatable bonds is 16. The average molecular weight is 589 g/mol. The summed E-state index contributed by atoms with van der Waals surface area (Å²) in [5.74, 6) is 0.586. The molecule has 1 amide bonds. The van der Waals surface area contributed by atoms with Crippen molar-refractivity contribution in [3.8, 4) is 11.5 Å². The fourth-order valence-corrected chi connectivity index (χ4v) is 5.78. The van der Waals surface area contributed by atoms with Crippen LogP contribution >= 0.6 is 0 Å². The van der Waals surface area contributed by atoms with Gasteiger partial charge in [0, 0.05) is 19.4 Å². The van der Waals surface area contributed by atoms with Crippen LogP contribution in [-0.2, 0) is 19.9 Å². The molecule has 0 aromatic heterocycles. The number of unbranched alkanes of at least 4 members (excludes halogenated alkanes) is 3. The number of likely N-dealkylation sites (tertiary alicyclic amines) is 1. The predicted octanol–water partition coefficient (Wildman–Crippen LogP) is 6.17. The number of carboxylic acid groups (broad SMARTS) is 1. The zero-order chi connectivity index (χ0) is 30.7. The van der Waals surface area contributed by atoms with Gasteiger partial charge in [0.2, 0.25) is 5.91 Å². The summed E-state index contributed by atoms with van der Waals surface area (Å²) in [4.78, 5) is 37.4. The van der Waals surface area contributed by atoms with Crippen LogP contribution in [0.4, 0.5) is 0 Å². The standard InChI is InChI=1S/C34H40N2O7/c1-41-30-18-14-26(15-19-30)34(25-10-6-5-7-11-25,27-16-20-31(42-2)21-17-27)43-24-29-22-28(35-40)23-36(29)32(37)12-8-3-4-9-13-33(38)39/h5-7,10-11,14-21,28-29H,3-4,8-9,12-13,22-24H2,1-2H3,(H,38,39). The van der Waals surface area contributed by atoms with E-state index in [1.54, 1.807) is 19.1 Å². The zero-order valence-electron chi connectivity index (χ0n) is 24.8. The number of aliphatic carboxylic acids is 1. The second-order valence-corrected chi connectivity index (χ2v) is 10.8. The number of carbonyl (C=O) groups excluding carboxylic acids is 1. The quantitative estimate of drug-likeness (QED) is 0.121. The molecule has 1 heterocycles. The molecule has 1 fully saturated rings. The number of methoxy groups -OCH3 is 2. The molecule has 228 valence electrons. The Morgan fingerprint density at radius 2 is 1.35 bits per heavy atom. The van der Waals surface area contributed by atoms with Crippen LogP contribution in [-0.4, -0.2) is 61.3 Å². The van der Waals surface area contributed by atoms with Gasteiger partial charge in [-0.15, -0.1) is 0 Å². The summed E-state index contributed by atoms with van der Waals surface area (Å²) < 4.78 is 17.8. The van der Waals surface area contributed by atoms with Crippen LogP contribution in [0.2, 0.25) is 0 Å². The maximum absolute atomic E-state index is 13.3. The van der Waals surface area contributed by atoms with Gasteiger partial charge in [0.25, 0.3) is 0 Å². The van der Waals surface area contributed by atoms with Crippen LogP contribution in [0.15, 0.2) is 84.0 Å². The van der Waals surface area contributed by atoms with E-state index >= 15 is 0 Å².